The molecular weight excluding hydrogens is 349 g/mol. The summed E-state index contributed by atoms with van der Waals surface area (Å²) in [6.45, 7) is 5.81. The van der Waals surface area contributed by atoms with E-state index in [0.29, 0.717) is 0 Å². The van der Waals surface area contributed by atoms with Crippen molar-refractivity contribution in [2.45, 2.75) is 39.5 Å². The monoisotopic (exact) mass is 373 g/mol. The molecule has 0 heterocycles. The summed E-state index contributed by atoms with van der Waals surface area (Å²) in [5.41, 5.74) is 1.78. The van der Waals surface area contributed by atoms with Gasteiger partial charge in [-0.05, 0) is 48.2 Å². The van der Waals surface area contributed by atoms with Crippen molar-refractivity contribution in [1.29, 1.82) is 0 Å². The SMILES string of the molecule is CC(NC(=O)C(OCc1ccc(F)cc1)C(C)C)c1ccc(C(=O)O)cc1. The maximum Gasteiger partial charge on any atom is 0.335 e. The molecule has 2 N–H and O–H groups in total. The van der Waals surface area contributed by atoms with Gasteiger partial charge >= 0.3 is 5.97 Å². The fraction of sp³-hybridized carbons (Fsp3) is 0.333. The minimum absolute atomic E-state index is 0.0490. The lowest BCUT2D eigenvalue weighted by atomic mass is 10.0. The number of carboxylic acid groups (broad SMARTS) is 1. The Kier molecular flexibility index (Phi) is 7.07. The van der Waals surface area contributed by atoms with Crippen molar-refractivity contribution in [3.05, 3.63) is 71.0 Å². The van der Waals surface area contributed by atoms with Gasteiger partial charge in [-0.2, -0.15) is 0 Å². The molecular formula is C21H24FNO4. The van der Waals surface area contributed by atoms with Crippen molar-refractivity contribution in [2.75, 3.05) is 0 Å². The molecule has 0 bridgehead atoms. The van der Waals surface area contributed by atoms with Crippen LogP contribution in [0.3, 0.4) is 0 Å². The van der Waals surface area contributed by atoms with Crippen LogP contribution >= 0.6 is 0 Å². The van der Waals surface area contributed by atoms with E-state index in [2.05, 4.69) is 5.32 Å². The van der Waals surface area contributed by atoms with Crippen LogP contribution in [-0.4, -0.2) is 23.1 Å². The average molecular weight is 373 g/mol. The van der Waals surface area contributed by atoms with Crippen LogP contribution in [0.2, 0.25) is 0 Å². The fourth-order valence-corrected chi connectivity index (χ4v) is 2.63. The number of benzene rings is 2. The molecule has 2 atom stereocenters. The number of ether oxygens (including phenoxy) is 1. The lowest BCUT2D eigenvalue weighted by Gasteiger charge is -2.23. The molecule has 0 aliphatic heterocycles. The van der Waals surface area contributed by atoms with Crippen LogP contribution in [0.15, 0.2) is 48.5 Å². The molecule has 27 heavy (non-hydrogen) atoms. The van der Waals surface area contributed by atoms with Gasteiger partial charge in [-0.3, -0.25) is 4.79 Å². The molecule has 0 aliphatic rings. The third-order valence-electron chi connectivity index (χ3n) is 4.22. The van der Waals surface area contributed by atoms with Crippen LogP contribution in [0.1, 0.15) is 48.3 Å². The Morgan fingerprint density at radius 2 is 1.63 bits per heavy atom. The van der Waals surface area contributed by atoms with Gasteiger partial charge in [0, 0.05) is 0 Å². The summed E-state index contributed by atoms with van der Waals surface area (Å²) in [5, 5.41) is 11.9. The Hall–Kier alpha value is -2.73. The molecule has 0 aliphatic carbocycles. The Labute approximate surface area is 158 Å². The molecule has 0 radical (unpaired) electrons. The number of amides is 1. The van der Waals surface area contributed by atoms with Crippen LogP contribution in [-0.2, 0) is 16.1 Å². The van der Waals surface area contributed by atoms with E-state index in [-0.39, 0.29) is 35.9 Å². The van der Waals surface area contributed by atoms with Gasteiger partial charge in [0.05, 0.1) is 18.2 Å². The van der Waals surface area contributed by atoms with E-state index in [9.17, 15) is 14.0 Å². The number of carboxylic acids is 1. The van der Waals surface area contributed by atoms with Crippen LogP contribution in [0, 0.1) is 11.7 Å². The zero-order valence-electron chi connectivity index (χ0n) is 15.6. The molecule has 0 spiro atoms. The summed E-state index contributed by atoms with van der Waals surface area (Å²) in [7, 11) is 0. The van der Waals surface area contributed by atoms with Crippen molar-refractivity contribution in [1.82, 2.24) is 5.32 Å². The van der Waals surface area contributed by atoms with E-state index in [4.69, 9.17) is 9.84 Å². The van der Waals surface area contributed by atoms with E-state index in [1.54, 1.807) is 24.3 Å². The van der Waals surface area contributed by atoms with E-state index in [1.165, 1.54) is 24.3 Å². The first kappa shape index (κ1) is 20.6. The molecule has 1 amide bonds. The summed E-state index contributed by atoms with van der Waals surface area (Å²) < 4.78 is 18.7. The first-order chi connectivity index (χ1) is 12.8. The Morgan fingerprint density at radius 1 is 1.04 bits per heavy atom. The Bertz CT molecular complexity index is 772. The van der Waals surface area contributed by atoms with Crippen LogP contribution in [0.25, 0.3) is 0 Å². The number of carbonyl (C=O) groups is 2. The molecule has 0 fully saturated rings. The normalized spacial score (nSPS) is 13.2. The molecule has 2 aromatic rings. The molecule has 6 heteroatoms. The maximum atomic E-state index is 13.0. The highest BCUT2D eigenvalue weighted by atomic mass is 19.1. The molecule has 2 aromatic carbocycles. The van der Waals surface area contributed by atoms with Crippen molar-refractivity contribution < 1.29 is 23.8 Å². The van der Waals surface area contributed by atoms with Crippen LogP contribution in [0.4, 0.5) is 4.39 Å². The highest BCUT2D eigenvalue weighted by Crippen LogP contribution is 2.17. The molecule has 144 valence electrons. The zero-order valence-corrected chi connectivity index (χ0v) is 15.6. The van der Waals surface area contributed by atoms with Crippen molar-refractivity contribution in [3.63, 3.8) is 0 Å². The largest absolute Gasteiger partial charge is 0.478 e. The quantitative estimate of drug-likeness (QED) is 0.735. The van der Waals surface area contributed by atoms with Crippen molar-refractivity contribution >= 4 is 11.9 Å². The van der Waals surface area contributed by atoms with Crippen LogP contribution in [0.5, 0.6) is 0 Å². The summed E-state index contributed by atoms with van der Waals surface area (Å²) >= 11 is 0. The van der Waals surface area contributed by atoms with Gasteiger partial charge in [-0.1, -0.05) is 38.1 Å². The second kappa shape index (κ2) is 9.28. The number of halogens is 1. The highest BCUT2D eigenvalue weighted by Gasteiger charge is 2.24. The minimum atomic E-state index is -0.993. The van der Waals surface area contributed by atoms with Crippen molar-refractivity contribution in [3.8, 4) is 0 Å². The third-order valence-corrected chi connectivity index (χ3v) is 4.22. The Balaban J connectivity index is 1.98. The van der Waals surface area contributed by atoms with Crippen molar-refractivity contribution in [2.24, 2.45) is 5.92 Å². The number of aromatic carboxylic acids is 1. The standard InChI is InChI=1S/C21H24FNO4/c1-13(2)19(27-12-15-4-10-18(22)11-5-15)20(24)23-14(3)16-6-8-17(9-7-16)21(25)26/h4-11,13-14,19H,12H2,1-3H3,(H,23,24)(H,25,26). The third kappa shape index (κ3) is 5.89. The summed E-state index contributed by atoms with van der Waals surface area (Å²) in [6, 6.07) is 12.0. The average Bonchev–Trinajstić information content (AvgIpc) is 2.63. The molecule has 0 saturated heterocycles. The maximum absolute atomic E-state index is 13.0. The topological polar surface area (TPSA) is 75.6 Å². The lowest BCUT2D eigenvalue weighted by Crippen LogP contribution is -2.40. The smallest absolute Gasteiger partial charge is 0.335 e. The predicted molar refractivity (Wildman–Crippen MR) is 99.8 cm³/mol. The highest BCUT2D eigenvalue weighted by molar-refractivity contribution is 5.87. The number of rotatable bonds is 8. The number of hydrogen-bond acceptors (Lipinski definition) is 3. The number of hydrogen-bond donors (Lipinski definition) is 2. The second-order valence-corrected chi connectivity index (χ2v) is 6.76. The molecule has 0 aromatic heterocycles. The molecule has 0 saturated carbocycles. The molecule has 2 rings (SSSR count). The fourth-order valence-electron chi connectivity index (χ4n) is 2.63. The number of nitrogens with one attached hydrogen (secondary N) is 1. The zero-order chi connectivity index (χ0) is 20.0. The van der Waals surface area contributed by atoms with Gasteiger partial charge in [0.15, 0.2) is 0 Å². The Morgan fingerprint density at radius 3 is 2.15 bits per heavy atom. The minimum Gasteiger partial charge on any atom is -0.478 e. The first-order valence-corrected chi connectivity index (χ1v) is 8.77. The van der Waals surface area contributed by atoms with E-state index in [1.807, 2.05) is 20.8 Å². The summed E-state index contributed by atoms with van der Waals surface area (Å²) in [4.78, 5) is 23.6. The van der Waals surface area contributed by atoms with Gasteiger partial charge in [0.2, 0.25) is 5.91 Å². The van der Waals surface area contributed by atoms with Gasteiger partial charge in [-0.25, -0.2) is 9.18 Å². The van der Waals surface area contributed by atoms with E-state index < -0.39 is 12.1 Å². The lowest BCUT2D eigenvalue weighted by molar-refractivity contribution is -0.137. The van der Waals surface area contributed by atoms with Gasteiger partial charge in [0.1, 0.15) is 11.9 Å². The number of carbonyl (C=O) groups excluding carboxylic acids is 1. The van der Waals surface area contributed by atoms with Gasteiger partial charge < -0.3 is 15.2 Å². The summed E-state index contributed by atoms with van der Waals surface area (Å²) in [6.07, 6.45) is -0.657. The van der Waals surface area contributed by atoms with Gasteiger partial charge in [0.25, 0.3) is 0 Å². The van der Waals surface area contributed by atoms with E-state index in [0.717, 1.165) is 11.1 Å². The first-order valence-electron chi connectivity index (χ1n) is 8.77. The second-order valence-electron chi connectivity index (χ2n) is 6.76. The van der Waals surface area contributed by atoms with Crippen LogP contribution < -0.4 is 5.32 Å². The predicted octanol–water partition coefficient (Wildman–Crippen LogP) is 3.94. The van der Waals surface area contributed by atoms with Gasteiger partial charge in [-0.15, -0.1) is 0 Å². The van der Waals surface area contributed by atoms with E-state index >= 15 is 0 Å². The molecule has 5 nitrogen and oxygen atoms in total. The summed E-state index contributed by atoms with van der Waals surface area (Å²) in [5.74, 6) is -1.61. The molecule has 2 unspecified atom stereocenters.